The Hall–Kier alpha value is -1.29. The fraction of sp³-hybridized carbons (Fsp3) is 0.0714. The standard InChI is InChI=1S/C14H8Cl3FO2/c15-9-6-10(18)11(14(17)19)12(16)13(9)20-7-8-4-2-1-3-5-8/h1-6H,7H2. The van der Waals surface area contributed by atoms with Gasteiger partial charge in [-0.25, -0.2) is 4.39 Å². The Morgan fingerprint density at radius 1 is 1.20 bits per heavy atom. The quantitative estimate of drug-likeness (QED) is 0.728. The summed E-state index contributed by atoms with van der Waals surface area (Å²) in [6, 6.07) is 10.2. The predicted molar refractivity (Wildman–Crippen MR) is 77.4 cm³/mol. The third-order valence-corrected chi connectivity index (χ3v) is 3.38. The molecule has 2 aromatic carbocycles. The third-order valence-electron chi connectivity index (χ3n) is 2.55. The van der Waals surface area contributed by atoms with Crippen LogP contribution in [0.25, 0.3) is 0 Å². The number of benzene rings is 2. The predicted octanol–water partition coefficient (Wildman–Crippen LogP) is 5.09. The molecule has 0 atom stereocenters. The molecule has 0 radical (unpaired) electrons. The van der Waals surface area contributed by atoms with Gasteiger partial charge in [0, 0.05) is 0 Å². The lowest BCUT2D eigenvalue weighted by molar-refractivity contribution is 0.107. The van der Waals surface area contributed by atoms with Gasteiger partial charge in [0.15, 0.2) is 5.75 Å². The molecule has 0 aliphatic heterocycles. The molecule has 6 heteroatoms. The number of hydrogen-bond acceptors (Lipinski definition) is 2. The largest absolute Gasteiger partial charge is 0.486 e. The number of rotatable bonds is 4. The lowest BCUT2D eigenvalue weighted by Gasteiger charge is -2.12. The van der Waals surface area contributed by atoms with Gasteiger partial charge in [0.25, 0.3) is 5.24 Å². The second-order valence-electron chi connectivity index (χ2n) is 3.91. The van der Waals surface area contributed by atoms with Crippen LogP contribution in [0.5, 0.6) is 5.75 Å². The van der Waals surface area contributed by atoms with Crippen LogP contribution in [-0.4, -0.2) is 5.24 Å². The maximum atomic E-state index is 13.6. The van der Waals surface area contributed by atoms with Crippen molar-refractivity contribution in [1.29, 1.82) is 0 Å². The smallest absolute Gasteiger partial charge is 0.257 e. The van der Waals surface area contributed by atoms with E-state index in [2.05, 4.69) is 0 Å². The van der Waals surface area contributed by atoms with Gasteiger partial charge >= 0.3 is 0 Å². The molecule has 0 bridgehead atoms. The summed E-state index contributed by atoms with van der Waals surface area (Å²) in [4.78, 5) is 11.2. The van der Waals surface area contributed by atoms with Crippen LogP contribution < -0.4 is 4.74 Å². The molecule has 0 saturated heterocycles. The number of hydrogen-bond donors (Lipinski definition) is 0. The van der Waals surface area contributed by atoms with Crippen LogP contribution in [0, 0.1) is 5.82 Å². The zero-order chi connectivity index (χ0) is 14.7. The molecule has 0 spiro atoms. The van der Waals surface area contributed by atoms with Gasteiger partial charge in [-0.1, -0.05) is 53.5 Å². The fourth-order valence-corrected chi connectivity index (χ4v) is 2.47. The van der Waals surface area contributed by atoms with E-state index in [9.17, 15) is 9.18 Å². The summed E-state index contributed by atoms with van der Waals surface area (Å²) in [5.74, 6) is -0.852. The average Bonchev–Trinajstić information content (AvgIpc) is 2.38. The first-order valence-electron chi connectivity index (χ1n) is 5.54. The Morgan fingerprint density at radius 3 is 2.45 bits per heavy atom. The van der Waals surface area contributed by atoms with Crippen molar-refractivity contribution >= 4 is 40.0 Å². The van der Waals surface area contributed by atoms with Crippen molar-refractivity contribution in [1.82, 2.24) is 0 Å². The van der Waals surface area contributed by atoms with Gasteiger partial charge in [0.2, 0.25) is 0 Å². The number of carbonyl (C=O) groups excluding carboxylic acids is 1. The second kappa shape index (κ2) is 6.44. The van der Waals surface area contributed by atoms with Crippen molar-refractivity contribution < 1.29 is 13.9 Å². The summed E-state index contributed by atoms with van der Waals surface area (Å²) >= 11 is 17.1. The highest BCUT2D eigenvalue weighted by Crippen LogP contribution is 2.38. The van der Waals surface area contributed by atoms with Crippen LogP contribution in [0.2, 0.25) is 10.0 Å². The molecule has 0 aliphatic carbocycles. The molecule has 0 aromatic heterocycles. The van der Waals surface area contributed by atoms with E-state index in [-0.39, 0.29) is 22.4 Å². The van der Waals surface area contributed by atoms with Gasteiger partial charge < -0.3 is 4.74 Å². The molecule has 0 N–H and O–H groups in total. The summed E-state index contributed by atoms with van der Waals surface area (Å²) in [7, 11) is 0. The van der Waals surface area contributed by atoms with Crippen LogP contribution in [0.1, 0.15) is 15.9 Å². The van der Waals surface area contributed by atoms with Gasteiger partial charge in [0.05, 0.1) is 15.6 Å². The van der Waals surface area contributed by atoms with E-state index >= 15 is 0 Å². The highest BCUT2D eigenvalue weighted by Gasteiger charge is 2.21. The van der Waals surface area contributed by atoms with Gasteiger partial charge in [-0.3, -0.25) is 4.79 Å². The molecule has 2 nitrogen and oxygen atoms in total. The van der Waals surface area contributed by atoms with E-state index in [1.807, 2.05) is 30.3 Å². The Bertz CT molecular complexity index is 645. The molecule has 104 valence electrons. The molecular formula is C14H8Cl3FO2. The Balaban J connectivity index is 2.32. The van der Waals surface area contributed by atoms with Gasteiger partial charge in [-0.05, 0) is 23.2 Å². The van der Waals surface area contributed by atoms with E-state index in [1.165, 1.54) is 0 Å². The first-order valence-corrected chi connectivity index (χ1v) is 6.68. The Morgan fingerprint density at radius 2 is 1.85 bits per heavy atom. The van der Waals surface area contributed by atoms with Crippen LogP contribution in [0.3, 0.4) is 0 Å². The van der Waals surface area contributed by atoms with Gasteiger partial charge in [-0.15, -0.1) is 0 Å². The second-order valence-corrected chi connectivity index (χ2v) is 5.03. The first kappa shape index (κ1) is 15.1. The van der Waals surface area contributed by atoms with Gasteiger partial charge in [-0.2, -0.15) is 0 Å². The highest BCUT2D eigenvalue weighted by molar-refractivity contribution is 6.69. The van der Waals surface area contributed by atoms with E-state index < -0.39 is 16.6 Å². The van der Waals surface area contributed by atoms with E-state index in [0.717, 1.165) is 11.6 Å². The third kappa shape index (κ3) is 3.23. The Kier molecular flexibility index (Phi) is 4.86. The SMILES string of the molecule is O=C(Cl)c1c(F)cc(Cl)c(OCc2ccccc2)c1Cl. The molecule has 0 amide bonds. The van der Waals surface area contributed by atoms with Crippen molar-refractivity contribution in [3.8, 4) is 5.75 Å². The molecule has 0 saturated carbocycles. The molecule has 0 aliphatic rings. The fourth-order valence-electron chi connectivity index (χ4n) is 1.61. The first-order chi connectivity index (χ1) is 9.50. The zero-order valence-electron chi connectivity index (χ0n) is 10.00. The molecule has 2 aromatic rings. The molecular weight excluding hydrogens is 326 g/mol. The van der Waals surface area contributed by atoms with Crippen molar-refractivity contribution in [3.63, 3.8) is 0 Å². The lowest BCUT2D eigenvalue weighted by atomic mass is 10.2. The summed E-state index contributed by atoms with van der Waals surface area (Å²) < 4.78 is 19.0. The van der Waals surface area contributed by atoms with E-state index in [1.54, 1.807) is 0 Å². The molecule has 20 heavy (non-hydrogen) atoms. The number of ether oxygens (including phenoxy) is 1. The molecule has 0 fully saturated rings. The number of carbonyl (C=O) groups is 1. The number of halogens is 4. The topological polar surface area (TPSA) is 26.3 Å². The maximum absolute atomic E-state index is 13.6. The maximum Gasteiger partial charge on any atom is 0.257 e. The van der Waals surface area contributed by atoms with Crippen molar-refractivity contribution in [2.75, 3.05) is 0 Å². The summed E-state index contributed by atoms with van der Waals surface area (Å²) in [6.07, 6.45) is 0. The average molecular weight is 334 g/mol. The van der Waals surface area contributed by atoms with Crippen molar-refractivity contribution in [3.05, 3.63) is 63.4 Å². The van der Waals surface area contributed by atoms with Crippen LogP contribution in [-0.2, 0) is 6.61 Å². The summed E-state index contributed by atoms with van der Waals surface area (Å²) in [5.41, 5.74) is 0.434. The zero-order valence-corrected chi connectivity index (χ0v) is 12.3. The van der Waals surface area contributed by atoms with Gasteiger partial charge in [0.1, 0.15) is 12.4 Å². The minimum absolute atomic E-state index is 0.0231. The minimum atomic E-state index is -1.01. The summed E-state index contributed by atoms with van der Waals surface area (Å²) in [6.45, 7) is 0.182. The van der Waals surface area contributed by atoms with Crippen molar-refractivity contribution in [2.45, 2.75) is 6.61 Å². The van der Waals surface area contributed by atoms with Crippen LogP contribution in [0.15, 0.2) is 36.4 Å². The van der Waals surface area contributed by atoms with Crippen molar-refractivity contribution in [2.24, 2.45) is 0 Å². The summed E-state index contributed by atoms with van der Waals surface area (Å²) in [5, 5.41) is -1.26. The minimum Gasteiger partial charge on any atom is -0.486 e. The monoisotopic (exact) mass is 332 g/mol. The van der Waals surface area contributed by atoms with E-state index in [4.69, 9.17) is 39.5 Å². The molecule has 0 unspecified atom stereocenters. The van der Waals surface area contributed by atoms with Crippen LogP contribution in [0.4, 0.5) is 4.39 Å². The highest BCUT2D eigenvalue weighted by atomic mass is 35.5. The molecule has 2 rings (SSSR count). The molecule has 0 heterocycles. The normalized spacial score (nSPS) is 10.4. The van der Waals surface area contributed by atoms with Crippen LogP contribution >= 0.6 is 34.8 Å². The lowest BCUT2D eigenvalue weighted by Crippen LogP contribution is -2.02. The van der Waals surface area contributed by atoms with E-state index in [0.29, 0.717) is 0 Å². The Labute approximate surface area is 130 Å².